The van der Waals surface area contributed by atoms with Gasteiger partial charge in [-0.2, -0.15) is 5.10 Å². The first kappa shape index (κ1) is 14.5. The van der Waals surface area contributed by atoms with Gasteiger partial charge in [0.2, 0.25) is 0 Å². The zero-order valence-corrected chi connectivity index (χ0v) is 12.4. The summed E-state index contributed by atoms with van der Waals surface area (Å²) in [6.45, 7) is 1.92. The molecule has 4 nitrogen and oxygen atoms in total. The minimum absolute atomic E-state index is 0.301. The van der Waals surface area contributed by atoms with Crippen LogP contribution >= 0.6 is 15.9 Å². The lowest BCUT2D eigenvalue weighted by Crippen LogP contribution is -2.20. The maximum absolute atomic E-state index is 12.9. The number of rotatable bonds is 4. The van der Waals surface area contributed by atoms with Crippen LogP contribution in [0.15, 0.2) is 46.1 Å². The first-order chi connectivity index (χ1) is 9.60. The van der Waals surface area contributed by atoms with Gasteiger partial charge in [0, 0.05) is 10.7 Å². The Bertz CT molecular complexity index is 634. The van der Waals surface area contributed by atoms with Crippen molar-refractivity contribution in [3.63, 3.8) is 0 Å². The van der Waals surface area contributed by atoms with Crippen LogP contribution in [0.25, 0.3) is 0 Å². The molecule has 1 aromatic heterocycles. The van der Waals surface area contributed by atoms with Crippen LogP contribution in [-0.2, 0) is 0 Å². The van der Waals surface area contributed by atoms with E-state index in [0.29, 0.717) is 17.8 Å². The van der Waals surface area contributed by atoms with Crippen LogP contribution in [0, 0.1) is 5.82 Å². The van der Waals surface area contributed by atoms with Gasteiger partial charge in [-0.15, -0.1) is 0 Å². The van der Waals surface area contributed by atoms with Crippen LogP contribution in [0.3, 0.4) is 0 Å². The molecular formula is C14H13BrFN3O. The van der Waals surface area contributed by atoms with E-state index in [9.17, 15) is 9.18 Å². The molecule has 2 N–H and O–H groups in total. The molecule has 0 spiro atoms. The molecule has 2 aromatic rings. The Labute approximate surface area is 124 Å². The molecule has 0 aliphatic rings. The van der Waals surface area contributed by atoms with Gasteiger partial charge in [-0.25, -0.2) is 9.82 Å². The fraction of sp³-hybridized carbons (Fsp3) is 0.143. The number of carbonyl (C=O) groups excluding carboxylic acids is 1. The molecule has 6 heteroatoms. The lowest BCUT2D eigenvalue weighted by molar-refractivity contribution is 0.0950. The topological polar surface area (TPSA) is 57.2 Å². The van der Waals surface area contributed by atoms with Crippen molar-refractivity contribution in [2.45, 2.75) is 13.3 Å². The first-order valence-electron chi connectivity index (χ1n) is 6.07. The van der Waals surface area contributed by atoms with Gasteiger partial charge in [-0.05, 0) is 46.1 Å². The van der Waals surface area contributed by atoms with Crippen LogP contribution in [0.1, 0.15) is 29.4 Å². The average molecular weight is 338 g/mol. The Morgan fingerprint density at radius 1 is 1.40 bits per heavy atom. The Balaban J connectivity index is 2.11. The Kier molecular flexibility index (Phi) is 4.68. The number of hydrogen-bond acceptors (Lipinski definition) is 2. The minimum atomic E-state index is -0.330. The predicted molar refractivity (Wildman–Crippen MR) is 79.2 cm³/mol. The first-order valence-corrected chi connectivity index (χ1v) is 6.86. The second-order valence-electron chi connectivity index (χ2n) is 4.09. The summed E-state index contributed by atoms with van der Waals surface area (Å²) in [5, 5.41) is 4.09. The normalized spacial score (nSPS) is 11.4. The largest absolute Gasteiger partial charge is 0.356 e. The van der Waals surface area contributed by atoms with Gasteiger partial charge in [0.15, 0.2) is 0 Å². The highest BCUT2D eigenvalue weighted by atomic mass is 79.9. The van der Waals surface area contributed by atoms with Crippen LogP contribution < -0.4 is 5.43 Å². The summed E-state index contributed by atoms with van der Waals surface area (Å²) in [5.41, 5.74) is 4.36. The molecule has 0 saturated heterocycles. The quantitative estimate of drug-likeness (QED) is 0.651. The fourth-order valence-electron chi connectivity index (χ4n) is 1.67. The highest BCUT2D eigenvalue weighted by molar-refractivity contribution is 9.10. The van der Waals surface area contributed by atoms with Crippen LogP contribution in [0.2, 0.25) is 0 Å². The number of aromatic nitrogens is 1. The van der Waals surface area contributed by atoms with Gasteiger partial charge in [0.05, 0.1) is 5.71 Å². The number of benzene rings is 1. The molecule has 2 rings (SSSR count). The Morgan fingerprint density at radius 2 is 2.10 bits per heavy atom. The number of amides is 1. The van der Waals surface area contributed by atoms with Crippen molar-refractivity contribution < 1.29 is 9.18 Å². The smallest absolute Gasteiger partial charge is 0.287 e. The molecule has 0 radical (unpaired) electrons. The Hall–Kier alpha value is -1.95. The van der Waals surface area contributed by atoms with E-state index in [1.165, 1.54) is 12.1 Å². The van der Waals surface area contributed by atoms with Gasteiger partial charge in [-0.1, -0.05) is 19.1 Å². The van der Waals surface area contributed by atoms with Gasteiger partial charge in [0.25, 0.3) is 5.91 Å². The maximum atomic E-state index is 12.9. The van der Waals surface area contributed by atoms with Crippen molar-refractivity contribution in [1.82, 2.24) is 10.4 Å². The summed E-state index contributed by atoms with van der Waals surface area (Å²) < 4.78 is 13.7. The lowest BCUT2D eigenvalue weighted by atomic mass is 10.1. The third kappa shape index (κ3) is 3.54. The molecule has 0 atom stereocenters. The molecule has 1 aromatic carbocycles. The summed E-state index contributed by atoms with van der Waals surface area (Å²) in [4.78, 5) is 14.6. The van der Waals surface area contributed by atoms with Gasteiger partial charge >= 0.3 is 0 Å². The number of aromatic amines is 1. The van der Waals surface area contributed by atoms with E-state index in [-0.39, 0.29) is 11.7 Å². The van der Waals surface area contributed by atoms with Crippen molar-refractivity contribution in [3.8, 4) is 0 Å². The molecule has 1 amide bonds. The second kappa shape index (κ2) is 6.47. The standard InChI is InChI=1S/C14H13BrFN3O/c1-2-12(9-3-5-11(16)6-4-9)18-19-14(20)13-7-10(15)8-17-13/h3-8,17H,2H2,1H3,(H,19,20)/b18-12-. The van der Waals surface area contributed by atoms with E-state index in [4.69, 9.17) is 0 Å². The lowest BCUT2D eigenvalue weighted by Gasteiger charge is -2.04. The van der Waals surface area contributed by atoms with Crippen molar-refractivity contribution in [2.75, 3.05) is 0 Å². The zero-order valence-electron chi connectivity index (χ0n) is 10.8. The summed E-state index contributed by atoms with van der Waals surface area (Å²) >= 11 is 3.26. The summed E-state index contributed by atoms with van der Waals surface area (Å²) in [7, 11) is 0. The van der Waals surface area contributed by atoms with Crippen molar-refractivity contribution in [2.24, 2.45) is 5.10 Å². The third-order valence-electron chi connectivity index (χ3n) is 2.70. The van der Waals surface area contributed by atoms with Gasteiger partial charge < -0.3 is 4.98 Å². The van der Waals surface area contributed by atoms with E-state index in [1.54, 1.807) is 24.4 Å². The molecule has 0 aliphatic heterocycles. The average Bonchev–Trinajstić information content (AvgIpc) is 2.88. The van der Waals surface area contributed by atoms with E-state index >= 15 is 0 Å². The number of halogens is 2. The third-order valence-corrected chi connectivity index (χ3v) is 3.15. The molecule has 0 bridgehead atoms. The van der Waals surface area contributed by atoms with E-state index in [2.05, 4.69) is 31.4 Å². The predicted octanol–water partition coefficient (Wildman–Crippen LogP) is 3.46. The van der Waals surface area contributed by atoms with Crippen LogP contribution in [0.5, 0.6) is 0 Å². The number of nitrogens with one attached hydrogen (secondary N) is 2. The van der Waals surface area contributed by atoms with Gasteiger partial charge in [0.1, 0.15) is 11.5 Å². The number of H-pyrrole nitrogens is 1. The molecule has 0 saturated carbocycles. The van der Waals surface area contributed by atoms with Crippen molar-refractivity contribution in [1.29, 1.82) is 0 Å². The molecular weight excluding hydrogens is 325 g/mol. The summed E-state index contributed by atoms with van der Waals surface area (Å²) in [6.07, 6.45) is 2.29. The van der Waals surface area contributed by atoms with Crippen LogP contribution in [0.4, 0.5) is 4.39 Å². The minimum Gasteiger partial charge on any atom is -0.356 e. The molecule has 0 fully saturated rings. The number of hydrogen-bond donors (Lipinski definition) is 2. The molecule has 0 unspecified atom stereocenters. The fourth-order valence-corrected chi connectivity index (χ4v) is 2.01. The van der Waals surface area contributed by atoms with Crippen molar-refractivity contribution in [3.05, 3.63) is 58.1 Å². The summed E-state index contributed by atoms with van der Waals surface area (Å²) in [6, 6.07) is 7.66. The van der Waals surface area contributed by atoms with Crippen molar-refractivity contribution >= 4 is 27.5 Å². The van der Waals surface area contributed by atoms with E-state index in [0.717, 1.165) is 10.0 Å². The molecule has 104 valence electrons. The highest BCUT2D eigenvalue weighted by Gasteiger charge is 2.08. The number of carbonyl (C=O) groups is 1. The molecule has 20 heavy (non-hydrogen) atoms. The van der Waals surface area contributed by atoms with Gasteiger partial charge in [-0.3, -0.25) is 4.79 Å². The molecule has 1 heterocycles. The number of nitrogens with zero attached hydrogens (tertiary/aromatic N) is 1. The highest BCUT2D eigenvalue weighted by Crippen LogP contribution is 2.10. The number of hydrazone groups is 1. The van der Waals surface area contributed by atoms with E-state index < -0.39 is 0 Å². The summed E-state index contributed by atoms with van der Waals surface area (Å²) in [5.74, 6) is -0.631. The zero-order chi connectivity index (χ0) is 14.5. The second-order valence-corrected chi connectivity index (χ2v) is 5.01. The SMILES string of the molecule is CC/C(=N/NC(=O)c1cc(Br)c[nH]1)c1ccc(F)cc1. The van der Waals surface area contributed by atoms with Crippen LogP contribution in [-0.4, -0.2) is 16.6 Å². The van der Waals surface area contributed by atoms with E-state index in [1.807, 2.05) is 6.92 Å². The molecule has 0 aliphatic carbocycles. The maximum Gasteiger partial charge on any atom is 0.287 e. The Morgan fingerprint density at radius 3 is 2.65 bits per heavy atom. The monoisotopic (exact) mass is 337 g/mol.